The summed E-state index contributed by atoms with van der Waals surface area (Å²) in [6, 6.07) is 12.4. The van der Waals surface area contributed by atoms with E-state index in [1.807, 2.05) is 6.07 Å². The number of nitrogens with one attached hydrogen (secondary N) is 1. The first kappa shape index (κ1) is 14.0. The maximum atomic E-state index is 13.0. The van der Waals surface area contributed by atoms with Gasteiger partial charge in [-0.1, -0.05) is 23.7 Å². The summed E-state index contributed by atoms with van der Waals surface area (Å²) in [5.41, 5.74) is 1.14. The van der Waals surface area contributed by atoms with E-state index in [2.05, 4.69) is 5.32 Å². The Morgan fingerprint density at radius 2 is 2.10 bits per heavy atom. The molecule has 3 nitrogen and oxygen atoms in total. The third-order valence-electron chi connectivity index (χ3n) is 2.63. The molecule has 5 heteroatoms. The minimum Gasteiger partial charge on any atom is -0.325 e. The Morgan fingerprint density at radius 3 is 2.80 bits per heavy atom. The Bertz CT molecular complexity index is 695. The molecule has 0 fully saturated rings. The van der Waals surface area contributed by atoms with Gasteiger partial charge in [0.05, 0.1) is 17.7 Å². The van der Waals surface area contributed by atoms with Gasteiger partial charge in [0.25, 0.3) is 0 Å². The molecule has 2 rings (SSSR count). The van der Waals surface area contributed by atoms with Crippen molar-refractivity contribution in [3.8, 4) is 6.07 Å². The Balaban J connectivity index is 2.11. The van der Waals surface area contributed by atoms with E-state index in [1.165, 1.54) is 12.1 Å². The molecule has 2 aromatic rings. The second-order valence-corrected chi connectivity index (χ2v) is 4.59. The summed E-state index contributed by atoms with van der Waals surface area (Å²) in [5, 5.41) is 12.0. The minimum absolute atomic E-state index is 0.0874. The smallest absolute Gasteiger partial charge is 0.228 e. The van der Waals surface area contributed by atoms with Crippen molar-refractivity contribution < 1.29 is 9.18 Å². The number of hydrogen-bond donors (Lipinski definition) is 1. The zero-order valence-corrected chi connectivity index (χ0v) is 11.1. The largest absolute Gasteiger partial charge is 0.325 e. The van der Waals surface area contributed by atoms with Crippen LogP contribution in [0.2, 0.25) is 5.02 Å². The molecule has 0 radical (unpaired) electrons. The molecule has 0 atom stereocenters. The van der Waals surface area contributed by atoms with Crippen LogP contribution < -0.4 is 5.32 Å². The first-order valence-corrected chi connectivity index (χ1v) is 6.20. The molecule has 0 aromatic heterocycles. The van der Waals surface area contributed by atoms with Gasteiger partial charge in [0, 0.05) is 5.02 Å². The topological polar surface area (TPSA) is 52.9 Å². The van der Waals surface area contributed by atoms with Crippen molar-refractivity contribution in [1.82, 2.24) is 0 Å². The average molecular weight is 289 g/mol. The lowest BCUT2D eigenvalue weighted by atomic mass is 10.1. The maximum Gasteiger partial charge on any atom is 0.228 e. The van der Waals surface area contributed by atoms with Crippen LogP contribution in [0.25, 0.3) is 0 Å². The van der Waals surface area contributed by atoms with Gasteiger partial charge in [0.2, 0.25) is 5.91 Å². The monoisotopic (exact) mass is 288 g/mol. The number of nitrogens with zero attached hydrogens (tertiary/aromatic N) is 1. The fourth-order valence-electron chi connectivity index (χ4n) is 1.74. The van der Waals surface area contributed by atoms with Gasteiger partial charge in [-0.2, -0.15) is 5.26 Å². The van der Waals surface area contributed by atoms with Gasteiger partial charge in [-0.3, -0.25) is 4.79 Å². The molecule has 20 heavy (non-hydrogen) atoms. The number of carbonyl (C=O) groups excluding carboxylic acids is 1. The van der Waals surface area contributed by atoms with Crippen molar-refractivity contribution in [2.24, 2.45) is 0 Å². The molecule has 1 N–H and O–H groups in total. The van der Waals surface area contributed by atoms with Crippen LogP contribution in [0.15, 0.2) is 42.5 Å². The standard InChI is InChI=1S/C15H10ClFN2O/c16-12-3-1-2-10(6-12)7-15(20)19-14-5-4-13(17)8-11(14)9-18/h1-6,8H,7H2,(H,19,20). The van der Waals surface area contributed by atoms with Gasteiger partial charge in [-0.05, 0) is 35.9 Å². The molecule has 0 aliphatic carbocycles. The number of anilines is 1. The van der Waals surface area contributed by atoms with E-state index in [-0.39, 0.29) is 17.9 Å². The molecule has 0 heterocycles. The van der Waals surface area contributed by atoms with E-state index in [0.717, 1.165) is 11.6 Å². The maximum absolute atomic E-state index is 13.0. The number of halogens is 2. The lowest BCUT2D eigenvalue weighted by Gasteiger charge is -2.07. The number of benzene rings is 2. The summed E-state index contributed by atoms with van der Waals surface area (Å²) in [6.07, 6.45) is 0.128. The number of nitriles is 1. The highest BCUT2D eigenvalue weighted by molar-refractivity contribution is 6.30. The fraction of sp³-hybridized carbons (Fsp3) is 0.0667. The van der Waals surface area contributed by atoms with Crippen LogP contribution in [-0.2, 0) is 11.2 Å². The molecule has 0 bridgehead atoms. The van der Waals surface area contributed by atoms with Crippen LogP contribution in [0.4, 0.5) is 10.1 Å². The normalized spacial score (nSPS) is 9.85. The molecule has 0 saturated carbocycles. The van der Waals surface area contributed by atoms with Crippen molar-refractivity contribution in [2.45, 2.75) is 6.42 Å². The molecular weight excluding hydrogens is 279 g/mol. The Hall–Kier alpha value is -2.38. The molecule has 2 aromatic carbocycles. The highest BCUT2D eigenvalue weighted by Gasteiger charge is 2.09. The Morgan fingerprint density at radius 1 is 1.30 bits per heavy atom. The highest BCUT2D eigenvalue weighted by Crippen LogP contribution is 2.17. The summed E-state index contributed by atoms with van der Waals surface area (Å²) < 4.78 is 13.0. The summed E-state index contributed by atoms with van der Waals surface area (Å²) >= 11 is 5.84. The van der Waals surface area contributed by atoms with Gasteiger partial charge in [0.1, 0.15) is 11.9 Å². The SMILES string of the molecule is N#Cc1cc(F)ccc1NC(=O)Cc1cccc(Cl)c1. The second kappa shape index (κ2) is 6.18. The van der Waals surface area contributed by atoms with Gasteiger partial charge in [0.15, 0.2) is 0 Å². The lowest BCUT2D eigenvalue weighted by molar-refractivity contribution is -0.115. The predicted molar refractivity (Wildman–Crippen MR) is 74.9 cm³/mol. The molecule has 100 valence electrons. The van der Waals surface area contributed by atoms with Gasteiger partial charge in [-0.25, -0.2) is 4.39 Å². The summed E-state index contributed by atoms with van der Waals surface area (Å²) in [6.45, 7) is 0. The quantitative estimate of drug-likeness (QED) is 0.939. The van der Waals surface area contributed by atoms with Gasteiger partial charge >= 0.3 is 0 Å². The Labute approximate surface area is 120 Å². The first-order valence-electron chi connectivity index (χ1n) is 5.82. The number of amides is 1. The van der Waals surface area contributed by atoms with E-state index < -0.39 is 5.82 Å². The molecular formula is C15H10ClFN2O. The van der Waals surface area contributed by atoms with Crippen LogP contribution in [-0.4, -0.2) is 5.91 Å². The molecule has 0 aliphatic rings. The first-order chi connectivity index (χ1) is 9.58. The molecule has 0 spiro atoms. The fourth-order valence-corrected chi connectivity index (χ4v) is 1.96. The van der Waals surface area contributed by atoms with E-state index in [4.69, 9.17) is 16.9 Å². The van der Waals surface area contributed by atoms with E-state index in [9.17, 15) is 9.18 Å². The van der Waals surface area contributed by atoms with Crippen LogP contribution >= 0.6 is 11.6 Å². The van der Waals surface area contributed by atoms with Crippen LogP contribution in [0.5, 0.6) is 0 Å². The number of rotatable bonds is 3. The summed E-state index contributed by atoms with van der Waals surface area (Å²) in [7, 11) is 0. The molecule has 0 saturated heterocycles. The van der Waals surface area contributed by atoms with Crippen molar-refractivity contribution in [3.05, 3.63) is 64.4 Å². The van der Waals surface area contributed by atoms with E-state index in [1.54, 1.807) is 24.3 Å². The summed E-state index contributed by atoms with van der Waals surface area (Å²) in [4.78, 5) is 11.9. The summed E-state index contributed by atoms with van der Waals surface area (Å²) in [5.74, 6) is -0.815. The molecule has 0 aliphatic heterocycles. The van der Waals surface area contributed by atoms with Crippen molar-refractivity contribution in [1.29, 1.82) is 5.26 Å². The van der Waals surface area contributed by atoms with Crippen molar-refractivity contribution >= 4 is 23.2 Å². The third-order valence-corrected chi connectivity index (χ3v) is 2.86. The van der Waals surface area contributed by atoms with Gasteiger partial charge in [-0.15, -0.1) is 0 Å². The second-order valence-electron chi connectivity index (χ2n) is 4.16. The third kappa shape index (κ3) is 3.56. The zero-order valence-electron chi connectivity index (χ0n) is 10.4. The average Bonchev–Trinajstić information content (AvgIpc) is 2.40. The van der Waals surface area contributed by atoms with Crippen molar-refractivity contribution in [2.75, 3.05) is 5.32 Å². The number of hydrogen-bond acceptors (Lipinski definition) is 2. The van der Waals surface area contributed by atoms with E-state index >= 15 is 0 Å². The van der Waals surface area contributed by atoms with E-state index in [0.29, 0.717) is 10.7 Å². The number of carbonyl (C=O) groups is 1. The van der Waals surface area contributed by atoms with Crippen LogP contribution in [0.1, 0.15) is 11.1 Å². The zero-order chi connectivity index (χ0) is 14.5. The van der Waals surface area contributed by atoms with Crippen molar-refractivity contribution in [3.63, 3.8) is 0 Å². The lowest BCUT2D eigenvalue weighted by Crippen LogP contribution is -2.15. The highest BCUT2D eigenvalue weighted by atomic mass is 35.5. The molecule has 1 amide bonds. The van der Waals surface area contributed by atoms with Gasteiger partial charge < -0.3 is 5.32 Å². The molecule has 0 unspecified atom stereocenters. The minimum atomic E-state index is -0.519. The van der Waals surface area contributed by atoms with Crippen LogP contribution in [0.3, 0.4) is 0 Å². The predicted octanol–water partition coefficient (Wildman–Crippen LogP) is 3.53. The van der Waals surface area contributed by atoms with Crippen LogP contribution in [0, 0.1) is 17.1 Å². The Kier molecular flexibility index (Phi) is 4.34.